The van der Waals surface area contributed by atoms with Crippen LogP contribution in [0.25, 0.3) is 11.2 Å². The van der Waals surface area contributed by atoms with Gasteiger partial charge in [-0.15, -0.1) is 11.6 Å². The van der Waals surface area contributed by atoms with Crippen molar-refractivity contribution in [2.45, 2.75) is 20.0 Å². The van der Waals surface area contributed by atoms with Crippen LogP contribution in [0.1, 0.15) is 6.92 Å². The summed E-state index contributed by atoms with van der Waals surface area (Å²) in [4.78, 5) is 30.5. The molecule has 2 heterocycles. The van der Waals surface area contributed by atoms with Crippen LogP contribution >= 0.6 is 23.2 Å². The molecular formula is C9H10Cl2N4O2. The van der Waals surface area contributed by atoms with Gasteiger partial charge in [-0.05, 0) is 18.5 Å². The van der Waals surface area contributed by atoms with E-state index in [1.807, 2.05) is 0 Å². The van der Waals surface area contributed by atoms with Gasteiger partial charge in [-0.3, -0.25) is 13.9 Å². The standard InChI is InChI=1S/C9H10Cl2N4O2/c1-2-14-7(16)5-6(13-8(11)12-5)15(4-3-10)9(14)17/h2-4H2,1H3,(H,12,13). The van der Waals surface area contributed by atoms with Crippen LogP contribution < -0.4 is 11.2 Å². The first-order valence-corrected chi connectivity index (χ1v) is 5.96. The molecule has 0 aliphatic rings. The molecule has 2 aromatic heterocycles. The summed E-state index contributed by atoms with van der Waals surface area (Å²) in [5.41, 5.74) is -0.372. The van der Waals surface area contributed by atoms with Crippen molar-refractivity contribution in [3.05, 3.63) is 26.1 Å². The summed E-state index contributed by atoms with van der Waals surface area (Å²) in [7, 11) is 0. The van der Waals surface area contributed by atoms with E-state index in [0.717, 1.165) is 4.57 Å². The average Bonchev–Trinajstić information content (AvgIpc) is 2.67. The third kappa shape index (κ3) is 1.87. The van der Waals surface area contributed by atoms with Crippen LogP contribution in [0.4, 0.5) is 0 Å². The number of aromatic amines is 1. The minimum atomic E-state index is -0.422. The zero-order valence-electron chi connectivity index (χ0n) is 9.04. The molecule has 2 rings (SSSR count). The van der Waals surface area contributed by atoms with Crippen LogP contribution in [0.3, 0.4) is 0 Å². The molecule has 0 aromatic carbocycles. The van der Waals surface area contributed by atoms with Gasteiger partial charge in [0.15, 0.2) is 11.2 Å². The van der Waals surface area contributed by atoms with E-state index in [4.69, 9.17) is 23.2 Å². The Morgan fingerprint density at radius 3 is 2.65 bits per heavy atom. The summed E-state index contributed by atoms with van der Waals surface area (Å²) in [6.07, 6.45) is 0. The van der Waals surface area contributed by atoms with E-state index in [0.29, 0.717) is 0 Å². The summed E-state index contributed by atoms with van der Waals surface area (Å²) >= 11 is 11.3. The first-order valence-electron chi connectivity index (χ1n) is 5.05. The van der Waals surface area contributed by atoms with E-state index < -0.39 is 11.2 Å². The number of nitrogens with one attached hydrogen (secondary N) is 1. The van der Waals surface area contributed by atoms with Gasteiger partial charge >= 0.3 is 5.69 Å². The Morgan fingerprint density at radius 2 is 2.06 bits per heavy atom. The maximum atomic E-state index is 12.0. The van der Waals surface area contributed by atoms with E-state index in [9.17, 15) is 9.59 Å². The first-order chi connectivity index (χ1) is 8.10. The smallest absolute Gasteiger partial charge is 0.323 e. The molecule has 0 saturated heterocycles. The number of hydrogen-bond donors (Lipinski definition) is 1. The summed E-state index contributed by atoms with van der Waals surface area (Å²) in [6, 6.07) is 0. The predicted molar refractivity (Wildman–Crippen MR) is 66.0 cm³/mol. The average molecular weight is 277 g/mol. The highest BCUT2D eigenvalue weighted by Gasteiger charge is 2.15. The number of alkyl halides is 1. The predicted octanol–water partition coefficient (Wildman–Crippen LogP) is 0.798. The lowest BCUT2D eigenvalue weighted by Crippen LogP contribution is -2.40. The normalized spacial score (nSPS) is 11.2. The van der Waals surface area contributed by atoms with Crippen LogP contribution in [0.5, 0.6) is 0 Å². The number of rotatable bonds is 3. The van der Waals surface area contributed by atoms with Gasteiger partial charge < -0.3 is 4.98 Å². The lowest BCUT2D eigenvalue weighted by Gasteiger charge is -2.07. The van der Waals surface area contributed by atoms with Crippen molar-refractivity contribution in [3.8, 4) is 0 Å². The van der Waals surface area contributed by atoms with E-state index in [-0.39, 0.29) is 35.4 Å². The fraction of sp³-hybridized carbons (Fsp3) is 0.444. The lowest BCUT2D eigenvalue weighted by molar-refractivity contribution is 0.607. The molecule has 1 N–H and O–H groups in total. The van der Waals surface area contributed by atoms with Crippen LogP contribution in [-0.4, -0.2) is 25.0 Å². The Balaban J connectivity index is 2.95. The summed E-state index contributed by atoms with van der Waals surface area (Å²) in [5, 5.41) is 0.0775. The highest BCUT2D eigenvalue weighted by atomic mass is 35.5. The molecule has 0 amide bonds. The molecule has 92 valence electrons. The van der Waals surface area contributed by atoms with E-state index in [1.165, 1.54) is 4.57 Å². The number of aromatic nitrogens is 4. The molecule has 2 aromatic rings. The van der Waals surface area contributed by atoms with E-state index in [1.54, 1.807) is 6.92 Å². The monoisotopic (exact) mass is 276 g/mol. The number of aryl methyl sites for hydroxylation is 1. The van der Waals surface area contributed by atoms with E-state index in [2.05, 4.69) is 9.97 Å². The van der Waals surface area contributed by atoms with Crippen molar-refractivity contribution in [3.63, 3.8) is 0 Å². The minimum absolute atomic E-state index is 0.0775. The SMILES string of the molecule is CCn1c(=O)c2[nH]c(Cl)nc2n(CCCl)c1=O. The van der Waals surface area contributed by atoms with Crippen LogP contribution in [0.2, 0.25) is 5.28 Å². The number of halogens is 2. The maximum Gasteiger partial charge on any atom is 0.332 e. The van der Waals surface area contributed by atoms with Crippen molar-refractivity contribution in [1.82, 2.24) is 19.1 Å². The molecule has 0 atom stereocenters. The fourth-order valence-electron chi connectivity index (χ4n) is 1.70. The fourth-order valence-corrected chi connectivity index (χ4v) is 2.05. The van der Waals surface area contributed by atoms with Gasteiger partial charge in [0.1, 0.15) is 0 Å². The summed E-state index contributed by atoms with van der Waals surface area (Å²) in [5.74, 6) is 0.251. The number of hydrogen-bond acceptors (Lipinski definition) is 3. The minimum Gasteiger partial charge on any atom is -0.323 e. The van der Waals surface area contributed by atoms with Crippen molar-refractivity contribution < 1.29 is 0 Å². The molecule has 0 saturated carbocycles. The third-order valence-electron chi connectivity index (χ3n) is 2.46. The highest BCUT2D eigenvalue weighted by Crippen LogP contribution is 2.09. The van der Waals surface area contributed by atoms with Gasteiger partial charge in [-0.25, -0.2) is 4.79 Å². The van der Waals surface area contributed by atoms with Gasteiger partial charge in [0.25, 0.3) is 5.56 Å². The van der Waals surface area contributed by atoms with Crippen LogP contribution in [0, 0.1) is 0 Å². The Kier molecular flexibility index (Phi) is 3.26. The second-order valence-corrected chi connectivity index (χ2v) is 4.13. The molecule has 0 radical (unpaired) electrons. The van der Waals surface area contributed by atoms with Crippen molar-refractivity contribution in [2.75, 3.05) is 5.88 Å². The van der Waals surface area contributed by atoms with Crippen LogP contribution in [-0.2, 0) is 13.1 Å². The van der Waals surface area contributed by atoms with Gasteiger partial charge in [0.05, 0.1) is 0 Å². The van der Waals surface area contributed by atoms with E-state index >= 15 is 0 Å². The van der Waals surface area contributed by atoms with Crippen molar-refractivity contribution >= 4 is 34.4 Å². The second-order valence-electron chi connectivity index (χ2n) is 3.40. The molecule has 0 fully saturated rings. The van der Waals surface area contributed by atoms with Gasteiger partial charge in [-0.2, -0.15) is 4.98 Å². The molecule has 8 heteroatoms. The molecule has 0 bridgehead atoms. The molecule has 17 heavy (non-hydrogen) atoms. The zero-order valence-corrected chi connectivity index (χ0v) is 10.5. The molecule has 0 spiro atoms. The topological polar surface area (TPSA) is 72.7 Å². The Bertz CT molecular complexity index is 670. The van der Waals surface area contributed by atoms with Crippen molar-refractivity contribution in [2.24, 2.45) is 0 Å². The highest BCUT2D eigenvalue weighted by molar-refractivity contribution is 6.29. The Hall–Kier alpha value is -1.27. The van der Waals surface area contributed by atoms with Crippen LogP contribution in [0.15, 0.2) is 9.59 Å². The van der Waals surface area contributed by atoms with Gasteiger partial charge in [-0.1, -0.05) is 0 Å². The third-order valence-corrected chi connectivity index (χ3v) is 2.80. The summed E-state index contributed by atoms with van der Waals surface area (Å²) < 4.78 is 2.46. The molecule has 0 unspecified atom stereocenters. The Labute approximate surface area is 106 Å². The lowest BCUT2D eigenvalue weighted by atomic mass is 10.5. The van der Waals surface area contributed by atoms with Gasteiger partial charge in [0, 0.05) is 19.0 Å². The Morgan fingerprint density at radius 1 is 1.35 bits per heavy atom. The quantitative estimate of drug-likeness (QED) is 0.666. The number of H-pyrrole nitrogens is 1. The van der Waals surface area contributed by atoms with Crippen molar-refractivity contribution in [1.29, 1.82) is 0 Å². The number of nitrogens with zero attached hydrogens (tertiary/aromatic N) is 3. The number of imidazole rings is 1. The van der Waals surface area contributed by atoms with Gasteiger partial charge in [0.2, 0.25) is 5.28 Å². The number of fused-ring (bicyclic) bond motifs is 1. The zero-order chi connectivity index (χ0) is 12.6. The maximum absolute atomic E-state index is 12.0. The second kappa shape index (κ2) is 4.54. The summed E-state index contributed by atoms with van der Waals surface area (Å²) in [6.45, 7) is 2.28. The largest absolute Gasteiger partial charge is 0.332 e. The molecule has 0 aliphatic heterocycles. The molecule has 0 aliphatic carbocycles. The first kappa shape index (κ1) is 12.2. The molecular weight excluding hydrogens is 267 g/mol. The molecule has 6 nitrogen and oxygen atoms in total.